The van der Waals surface area contributed by atoms with E-state index in [1.54, 1.807) is 18.2 Å². The van der Waals surface area contributed by atoms with Gasteiger partial charge in [0.25, 0.3) is 5.91 Å². The van der Waals surface area contributed by atoms with Crippen molar-refractivity contribution in [1.82, 2.24) is 14.9 Å². The number of hydrogen-bond donors (Lipinski definition) is 4. The van der Waals surface area contributed by atoms with Gasteiger partial charge >= 0.3 is 0 Å². The van der Waals surface area contributed by atoms with Gasteiger partial charge in [0.1, 0.15) is 6.10 Å². The lowest BCUT2D eigenvalue weighted by Gasteiger charge is -2.33. The van der Waals surface area contributed by atoms with Gasteiger partial charge < -0.3 is 39.4 Å². The maximum absolute atomic E-state index is 12.8. The smallest absolute Gasteiger partial charge is 0.252 e. The summed E-state index contributed by atoms with van der Waals surface area (Å²) in [6.07, 6.45) is -3.27. The van der Waals surface area contributed by atoms with E-state index < -0.39 is 33.9 Å². The van der Waals surface area contributed by atoms with E-state index in [0.717, 1.165) is 23.2 Å². The SMILES string of the molecule is CCOCCCC(=O)C(O)C(O)C(=O)NCCOCCOCCOCCNS(=O)(=O)c1ccc([C@@H]2CN(C)Cc3c(Cl)cc(Cl)cc32)cc1. The molecule has 0 aromatic heterocycles. The summed E-state index contributed by atoms with van der Waals surface area (Å²) in [5.41, 5.74) is 3.04. The van der Waals surface area contributed by atoms with Gasteiger partial charge in [-0.05, 0) is 61.3 Å². The molecule has 13 nitrogen and oxygen atoms in total. The summed E-state index contributed by atoms with van der Waals surface area (Å²) < 4.78 is 49.5. The highest BCUT2D eigenvalue weighted by atomic mass is 35.5. The van der Waals surface area contributed by atoms with Crippen molar-refractivity contribution in [2.75, 3.05) is 79.5 Å². The predicted octanol–water partition coefficient (Wildman–Crippen LogP) is 2.12. The average Bonchev–Trinajstić information content (AvgIpc) is 3.08. The van der Waals surface area contributed by atoms with Crippen molar-refractivity contribution in [1.29, 1.82) is 0 Å². The van der Waals surface area contributed by atoms with Gasteiger partial charge in [0, 0.05) is 61.8 Å². The molecule has 1 heterocycles. The highest BCUT2D eigenvalue weighted by molar-refractivity contribution is 7.89. The predicted molar refractivity (Wildman–Crippen MR) is 184 cm³/mol. The fourth-order valence-corrected chi connectivity index (χ4v) is 6.78. The van der Waals surface area contributed by atoms with E-state index in [9.17, 15) is 28.2 Å². The molecule has 1 amide bonds. The maximum Gasteiger partial charge on any atom is 0.252 e. The van der Waals surface area contributed by atoms with Crippen molar-refractivity contribution in [3.8, 4) is 0 Å². The first-order chi connectivity index (χ1) is 23.4. The highest BCUT2D eigenvalue weighted by Crippen LogP contribution is 2.38. The fourth-order valence-electron chi connectivity index (χ4n) is 5.19. The lowest BCUT2D eigenvalue weighted by atomic mass is 9.85. The zero-order valence-electron chi connectivity index (χ0n) is 27.9. The summed E-state index contributed by atoms with van der Waals surface area (Å²) in [6, 6.07) is 10.5. The summed E-state index contributed by atoms with van der Waals surface area (Å²) >= 11 is 12.7. The summed E-state index contributed by atoms with van der Waals surface area (Å²) in [6.45, 7) is 5.64. The van der Waals surface area contributed by atoms with Crippen LogP contribution < -0.4 is 10.0 Å². The number of likely N-dealkylation sites (N-methyl/N-ethyl adjacent to an activating group) is 1. The molecule has 0 bridgehead atoms. The standard InChI is InChI=1S/C33H47Cl2N3O10S/c1-3-45-12-4-5-30(39)31(40)32(41)33(42)36-10-13-46-15-17-48-18-16-47-14-11-37-49(43,44)25-8-6-23(7-9-25)27-21-38(2)22-28-26(27)19-24(34)20-29(28)35/h6-9,19-20,27,31-32,37,40-41H,3-5,10-18,21-22H2,1-2H3,(H,36,42)/t27-,31?,32?/m0/s1. The summed E-state index contributed by atoms with van der Waals surface area (Å²) in [4.78, 5) is 26.2. The Bertz CT molecular complexity index is 1450. The molecule has 2 aromatic carbocycles. The molecule has 1 aliphatic rings. The Morgan fingerprint density at radius 2 is 1.55 bits per heavy atom. The third kappa shape index (κ3) is 13.5. The van der Waals surface area contributed by atoms with Crippen LogP contribution in [0.1, 0.15) is 42.4 Å². The van der Waals surface area contributed by atoms with Crippen molar-refractivity contribution >= 4 is 44.9 Å². The molecule has 4 N–H and O–H groups in total. The van der Waals surface area contributed by atoms with E-state index in [2.05, 4.69) is 14.9 Å². The molecule has 0 radical (unpaired) electrons. The van der Waals surface area contributed by atoms with Gasteiger partial charge in [-0.25, -0.2) is 13.1 Å². The number of Topliss-reactive ketones (excluding diaryl/α,β-unsaturated/α-hetero) is 1. The van der Waals surface area contributed by atoms with Crippen LogP contribution in [-0.2, 0) is 45.1 Å². The molecule has 2 unspecified atom stereocenters. The van der Waals surface area contributed by atoms with Crippen LogP contribution in [0.25, 0.3) is 0 Å². The monoisotopic (exact) mass is 747 g/mol. The molecule has 16 heteroatoms. The Morgan fingerprint density at radius 3 is 2.20 bits per heavy atom. The second kappa shape index (κ2) is 21.2. The number of hydrogen-bond acceptors (Lipinski definition) is 11. The van der Waals surface area contributed by atoms with Crippen molar-refractivity contribution in [2.24, 2.45) is 0 Å². The van der Waals surface area contributed by atoms with Gasteiger partial charge in [-0.1, -0.05) is 35.3 Å². The van der Waals surface area contributed by atoms with Crippen molar-refractivity contribution in [3.05, 3.63) is 63.1 Å². The van der Waals surface area contributed by atoms with Crippen LogP contribution in [0.15, 0.2) is 41.3 Å². The van der Waals surface area contributed by atoms with Gasteiger partial charge in [0.2, 0.25) is 10.0 Å². The molecule has 0 saturated heterocycles. The first-order valence-electron chi connectivity index (χ1n) is 16.2. The molecule has 0 aliphatic carbocycles. The van der Waals surface area contributed by atoms with Crippen LogP contribution in [0.5, 0.6) is 0 Å². The minimum atomic E-state index is -3.73. The van der Waals surface area contributed by atoms with Gasteiger partial charge in [-0.3, -0.25) is 9.59 Å². The minimum absolute atomic E-state index is 0.00285. The number of carbonyl (C=O) groups is 2. The number of fused-ring (bicyclic) bond motifs is 1. The number of sulfonamides is 1. The third-order valence-corrected chi connectivity index (χ3v) is 9.76. The van der Waals surface area contributed by atoms with Crippen LogP contribution in [0.3, 0.4) is 0 Å². The number of nitrogens with zero attached hydrogens (tertiary/aromatic N) is 1. The summed E-state index contributed by atoms with van der Waals surface area (Å²) in [7, 11) is -1.71. The molecule has 0 saturated carbocycles. The highest BCUT2D eigenvalue weighted by Gasteiger charge is 2.30. The number of benzene rings is 2. The van der Waals surface area contributed by atoms with Gasteiger partial charge in [-0.15, -0.1) is 0 Å². The number of rotatable bonds is 23. The van der Waals surface area contributed by atoms with Gasteiger partial charge in [0.05, 0.1) is 44.5 Å². The fraction of sp³-hybridized carbons (Fsp3) is 0.576. The number of aliphatic hydroxyl groups is 2. The quantitative estimate of drug-likeness (QED) is 0.123. The number of ketones is 1. The first-order valence-corrected chi connectivity index (χ1v) is 18.4. The molecule has 0 fully saturated rings. The Morgan fingerprint density at radius 1 is 0.918 bits per heavy atom. The number of nitrogens with one attached hydrogen (secondary N) is 2. The van der Waals surface area contributed by atoms with Crippen LogP contribution in [0.4, 0.5) is 0 Å². The van der Waals surface area contributed by atoms with E-state index in [4.69, 9.17) is 42.1 Å². The lowest BCUT2D eigenvalue weighted by Crippen LogP contribution is -2.46. The van der Waals surface area contributed by atoms with Crippen LogP contribution in [-0.4, -0.2) is 127 Å². The van der Waals surface area contributed by atoms with Gasteiger partial charge in [-0.2, -0.15) is 0 Å². The first kappa shape index (κ1) is 41.2. The second-order valence-electron chi connectivity index (χ2n) is 11.5. The number of ether oxygens (including phenoxy) is 4. The van der Waals surface area contributed by atoms with E-state index in [0.29, 0.717) is 36.2 Å². The molecular formula is C33H47Cl2N3O10S. The second-order valence-corrected chi connectivity index (χ2v) is 14.1. The molecule has 3 rings (SSSR count). The molecule has 274 valence electrons. The van der Waals surface area contributed by atoms with E-state index in [-0.39, 0.29) is 70.0 Å². The number of aliphatic hydroxyl groups excluding tert-OH is 2. The van der Waals surface area contributed by atoms with Crippen LogP contribution in [0, 0.1) is 0 Å². The van der Waals surface area contributed by atoms with Crippen molar-refractivity contribution < 1.29 is 47.2 Å². The molecular weight excluding hydrogens is 701 g/mol. The largest absolute Gasteiger partial charge is 0.382 e. The molecule has 49 heavy (non-hydrogen) atoms. The Labute approximate surface area is 298 Å². The normalized spacial score (nSPS) is 16.2. The van der Waals surface area contributed by atoms with Crippen LogP contribution in [0.2, 0.25) is 10.0 Å². The van der Waals surface area contributed by atoms with E-state index in [1.807, 2.05) is 32.2 Å². The summed E-state index contributed by atoms with van der Waals surface area (Å²) in [5, 5.41) is 23.4. The molecule has 3 atom stereocenters. The molecule has 1 aliphatic heterocycles. The number of carbonyl (C=O) groups excluding carboxylic acids is 2. The zero-order valence-corrected chi connectivity index (χ0v) is 30.2. The van der Waals surface area contributed by atoms with E-state index in [1.165, 1.54) is 0 Å². The van der Waals surface area contributed by atoms with Crippen molar-refractivity contribution in [3.63, 3.8) is 0 Å². The van der Waals surface area contributed by atoms with E-state index >= 15 is 0 Å². The summed E-state index contributed by atoms with van der Waals surface area (Å²) in [5.74, 6) is -1.49. The molecule has 2 aromatic rings. The van der Waals surface area contributed by atoms with Gasteiger partial charge in [0.15, 0.2) is 11.9 Å². The minimum Gasteiger partial charge on any atom is -0.382 e. The van der Waals surface area contributed by atoms with Crippen molar-refractivity contribution in [2.45, 2.75) is 49.3 Å². The topological polar surface area (TPSA) is 173 Å². The van der Waals surface area contributed by atoms with Crippen LogP contribution >= 0.6 is 23.2 Å². The maximum atomic E-state index is 12.8. The Hall–Kier alpha value is -2.21. The Kier molecular flexibility index (Phi) is 17.9. The number of amides is 1. The number of halogens is 2. The third-order valence-electron chi connectivity index (χ3n) is 7.73. The lowest BCUT2D eigenvalue weighted by molar-refractivity contribution is -0.145. The Balaban J connectivity index is 1.24. The zero-order chi connectivity index (χ0) is 35.8. The average molecular weight is 749 g/mol. The molecule has 0 spiro atoms.